The van der Waals surface area contributed by atoms with Crippen LogP contribution in [0.3, 0.4) is 0 Å². The fraction of sp³-hybridized carbons (Fsp3) is 0.467. The Balaban J connectivity index is 1.96. The molecule has 22 heavy (non-hydrogen) atoms. The molecule has 1 fully saturated rings. The van der Waals surface area contributed by atoms with Gasteiger partial charge in [0.1, 0.15) is 11.3 Å². The number of halogens is 3. The van der Waals surface area contributed by atoms with Gasteiger partial charge in [0.25, 0.3) is 5.91 Å². The zero-order chi connectivity index (χ0) is 16.2. The number of rotatable bonds is 4. The summed E-state index contributed by atoms with van der Waals surface area (Å²) in [5, 5.41) is 13.0. The highest BCUT2D eigenvalue weighted by Gasteiger charge is 2.33. The van der Waals surface area contributed by atoms with Crippen LogP contribution in [0.4, 0.5) is 0 Å². The lowest BCUT2D eigenvalue weighted by atomic mass is 9.83. The molecule has 1 aliphatic carbocycles. The Morgan fingerprint density at radius 1 is 1.18 bits per heavy atom. The molecule has 0 atom stereocenters. The van der Waals surface area contributed by atoms with Crippen LogP contribution in [0, 0.1) is 11.3 Å². The topological polar surface area (TPSA) is 62.1 Å². The van der Waals surface area contributed by atoms with Crippen LogP contribution >= 0.6 is 34.8 Å². The number of nitrogens with one attached hydrogen (secondary N) is 1. The average Bonchev–Trinajstić information content (AvgIpc) is 2.50. The number of ether oxygens (including phenoxy) is 1. The molecule has 0 saturated heterocycles. The first-order valence-corrected chi connectivity index (χ1v) is 8.09. The van der Waals surface area contributed by atoms with Crippen molar-refractivity contribution in [2.45, 2.75) is 37.6 Å². The largest absolute Gasteiger partial charge is 0.482 e. The Morgan fingerprint density at radius 2 is 1.82 bits per heavy atom. The van der Waals surface area contributed by atoms with Crippen molar-refractivity contribution >= 4 is 40.7 Å². The number of amides is 1. The first-order valence-electron chi connectivity index (χ1n) is 6.95. The monoisotopic (exact) mass is 360 g/mol. The molecule has 0 aliphatic heterocycles. The number of benzene rings is 1. The van der Waals surface area contributed by atoms with Crippen LogP contribution in [0.15, 0.2) is 12.1 Å². The summed E-state index contributed by atoms with van der Waals surface area (Å²) in [4.78, 5) is 12.0. The Bertz CT molecular complexity index is 608. The van der Waals surface area contributed by atoms with Crippen LogP contribution in [0.5, 0.6) is 5.75 Å². The number of carbonyl (C=O) groups is 1. The second-order valence-electron chi connectivity index (χ2n) is 5.29. The molecular formula is C15H15Cl3N2O2. The lowest BCUT2D eigenvalue weighted by Gasteiger charge is -2.31. The van der Waals surface area contributed by atoms with Crippen LogP contribution in [-0.4, -0.2) is 18.1 Å². The summed E-state index contributed by atoms with van der Waals surface area (Å²) in [5.74, 6) is -0.0774. The summed E-state index contributed by atoms with van der Waals surface area (Å²) in [7, 11) is 0. The number of nitrogens with zero attached hydrogens (tertiary/aromatic N) is 1. The highest BCUT2D eigenvalue weighted by atomic mass is 35.5. The van der Waals surface area contributed by atoms with E-state index in [-0.39, 0.29) is 23.3 Å². The summed E-state index contributed by atoms with van der Waals surface area (Å²) in [6.45, 7) is -0.235. The van der Waals surface area contributed by atoms with Crippen LogP contribution < -0.4 is 10.1 Å². The van der Waals surface area contributed by atoms with E-state index in [1.165, 1.54) is 12.1 Å². The van der Waals surface area contributed by atoms with E-state index in [0.29, 0.717) is 22.9 Å². The van der Waals surface area contributed by atoms with E-state index >= 15 is 0 Å². The molecular weight excluding hydrogens is 347 g/mol. The molecule has 0 spiro atoms. The Morgan fingerprint density at radius 3 is 2.45 bits per heavy atom. The van der Waals surface area contributed by atoms with E-state index in [4.69, 9.17) is 39.5 Å². The number of hydrogen-bond donors (Lipinski definition) is 1. The highest BCUT2D eigenvalue weighted by Crippen LogP contribution is 2.34. The van der Waals surface area contributed by atoms with E-state index in [2.05, 4.69) is 11.4 Å². The van der Waals surface area contributed by atoms with Gasteiger partial charge in [-0.1, -0.05) is 54.1 Å². The third-order valence-corrected chi connectivity index (χ3v) is 4.65. The van der Waals surface area contributed by atoms with Crippen LogP contribution in [-0.2, 0) is 4.79 Å². The molecule has 0 aromatic heterocycles. The van der Waals surface area contributed by atoms with E-state index < -0.39 is 5.54 Å². The van der Waals surface area contributed by atoms with Gasteiger partial charge < -0.3 is 10.1 Å². The molecule has 1 aromatic rings. The molecule has 4 nitrogen and oxygen atoms in total. The van der Waals surface area contributed by atoms with E-state index in [9.17, 15) is 10.1 Å². The third kappa shape index (κ3) is 4.19. The third-order valence-electron chi connectivity index (χ3n) is 3.63. The van der Waals surface area contributed by atoms with Gasteiger partial charge in [0.2, 0.25) is 0 Å². The zero-order valence-corrected chi connectivity index (χ0v) is 14.1. The number of carbonyl (C=O) groups excluding carboxylic acids is 1. The lowest BCUT2D eigenvalue weighted by molar-refractivity contribution is -0.124. The van der Waals surface area contributed by atoms with Gasteiger partial charge in [0.05, 0.1) is 21.1 Å². The van der Waals surface area contributed by atoms with Crippen molar-refractivity contribution in [1.29, 1.82) is 5.26 Å². The van der Waals surface area contributed by atoms with Gasteiger partial charge in [-0.15, -0.1) is 0 Å². The van der Waals surface area contributed by atoms with E-state index in [1.807, 2.05) is 0 Å². The number of hydrogen-bond acceptors (Lipinski definition) is 3. The van der Waals surface area contributed by atoms with Crippen molar-refractivity contribution < 1.29 is 9.53 Å². The van der Waals surface area contributed by atoms with E-state index in [1.54, 1.807) is 0 Å². The summed E-state index contributed by atoms with van der Waals surface area (Å²) in [6.07, 6.45) is 4.31. The minimum atomic E-state index is -0.778. The van der Waals surface area contributed by atoms with Crippen LogP contribution in [0.25, 0.3) is 0 Å². The summed E-state index contributed by atoms with van der Waals surface area (Å²) >= 11 is 17.7. The van der Waals surface area contributed by atoms with Gasteiger partial charge in [-0.05, 0) is 18.9 Å². The molecule has 1 saturated carbocycles. The van der Waals surface area contributed by atoms with E-state index in [0.717, 1.165) is 19.3 Å². The number of nitriles is 1. The SMILES string of the molecule is N#CC1(NC(=O)COc2cc(Cl)c(Cl)cc2Cl)CCCCC1. The van der Waals surface area contributed by atoms with Gasteiger partial charge in [-0.2, -0.15) is 5.26 Å². The van der Waals surface area contributed by atoms with Crippen LogP contribution in [0.1, 0.15) is 32.1 Å². The van der Waals surface area contributed by atoms with Gasteiger partial charge in [-0.3, -0.25) is 4.79 Å². The maximum atomic E-state index is 12.0. The van der Waals surface area contributed by atoms with Crippen molar-refractivity contribution in [3.8, 4) is 11.8 Å². The van der Waals surface area contributed by atoms with Crippen molar-refractivity contribution in [3.05, 3.63) is 27.2 Å². The molecule has 0 heterocycles. The Hall–Kier alpha value is -1.15. The van der Waals surface area contributed by atoms with Crippen molar-refractivity contribution in [2.75, 3.05) is 6.61 Å². The highest BCUT2D eigenvalue weighted by molar-refractivity contribution is 6.43. The predicted molar refractivity (Wildman–Crippen MR) is 86.5 cm³/mol. The normalized spacial score (nSPS) is 16.6. The first-order chi connectivity index (χ1) is 10.5. The Kier molecular flexibility index (Phi) is 5.80. The maximum Gasteiger partial charge on any atom is 0.259 e. The molecule has 1 aromatic carbocycles. The van der Waals surface area contributed by atoms with Gasteiger partial charge >= 0.3 is 0 Å². The first kappa shape index (κ1) is 17.2. The fourth-order valence-corrected chi connectivity index (χ4v) is 3.07. The molecule has 1 amide bonds. The lowest BCUT2D eigenvalue weighted by Crippen LogP contribution is -2.50. The predicted octanol–water partition coefficient (Wildman–Crippen LogP) is 4.37. The van der Waals surface area contributed by atoms with Gasteiger partial charge in [-0.25, -0.2) is 0 Å². The van der Waals surface area contributed by atoms with Crippen molar-refractivity contribution in [1.82, 2.24) is 5.32 Å². The summed E-state index contributed by atoms with van der Waals surface area (Å²) in [6, 6.07) is 5.14. The fourth-order valence-electron chi connectivity index (χ4n) is 2.48. The molecule has 0 bridgehead atoms. The second-order valence-corrected chi connectivity index (χ2v) is 6.51. The van der Waals surface area contributed by atoms with Crippen molar-refractivity contribution in [2.24, 2.45) is 0 Å². The summed E-state index contributed by atoms with van der Waals surface area (Å²) < 4.78 is 5.37. The standard InChI is InChI=1S/C15H15Cl3N2O2/c16-10-6-12(18)13(7-11(10)17)22-8-14(21)20-15(9-19)4-2-1-3-5-15/h6-7H,1-5,8H2,(H,20,21). The molecule has 118 valence electrons. The van der Waals surface area contributed by atoms with Gasteiger partial charge in [0, 0.05) is 6.07 Å². The quantitative estimate of drug-likeness (QED) is 0.810. The molecule has 0 unspecified atom stereocenters. The van der Waals surface area contributed by atoms with Gasteiger partial charge in [0.15, 0.2) is 6.61 Å². The molecule has 7 heteroatoms. The molecule has 0 radical (unpaired) electrons. The molecule has 1 aliphatic rings. The molecule has 2 rings (SSSR count). The minimum absolute atomic E-state index is 0.235. The minimum Gasteiger partial charge on any atom is -0.482 e. The zero-order valence-electron chi connectivity index (χ0n) is 11.8. The Labute approximate surface area is 144 Å². The maximum absolute atomic E-state index is 12.0. The summed E-state index contributed by atoms with van der Waals surface area (Å²) in [5.41, 5.74) is -0.778. The molecule has 1 N–H and O–H groups in total. The van der Waals surface area contributed by atoms with Crippen LogP contribution in [0.2, 0.25) is 15.1 Å². The average molecular weight is 362 g/mol. The smallest absolute Gasteiger partial charge is 0.259 e. The second kappa shape index (κ2) is 7.41. The van der Waals surface area contributed by atoms with Crippen molar-refractivity contribution in [3.63, 3.8) is 0 Å².